The monoisotopic (exact) mass is 473 g/mol. The summed E-state index contributed by atoms with van der Waals surface area (Å²) in [7, 11) is 0. The molecule has 2 aromatic rings. The van der Waals surface area contributed by atoms with E-state index in [1.54, 1.807) is 24.3 Å². The SMILES string of the molecule is O=C(NC(C(=O)N1CCCCC1)C1CCN(C(=O)c2cccs2)CC1)c1ccccc1Cl. The molecule has 0 saturated carbocycles. The van der Waals surface area contributed by atoms with Crippen LogP contribution in [0.15, 0.2) is 41.8 Å². The van der Waals surface area contributed by atoms with Gasteiger partial charge in [-0.1, -0.05) is 29.8 Å². The van der Waals surface area contributed by atoms with Crippen LogP contribution in [-0.4, -0.2) is 59.7 Å². The number of benzene rings is 1. The molecule has 0 bridgehead atoms. The minimum atomic E-state index is -0.615. The summed E-state index contributed by atoms with van der Waals surface area (Å²) in [6.45, 7) is 2.61. The molecule has 0 spiro atoms. The Morgan fingerprint density at radius 3 is 2.31 bits per heavy atom. The molecule has 6 nitrogen and oxygen atoms in total. The van der Waals surface area contributed by atoms with Crippen molar-refractivity contribution in [1.29, 1.82) is 0 Å². The summed E-state index contributed by atoms with van der Waals surface area (Å²) in [6.07, 6.45) is 4.45. The predicted octanol–water partition coefficient (Wildman–Crippen LogP) is 4.06. The van der Waals surface area contributed by atoms with Gasteiger partial charge in [-0.05, 0) is 61.6 Å². The van der Waals surface area contributed by atoms with Crippen molar-refractivity contribution in [3.8, 4) is 0 Å². The Labute approximate surface area is 197 Å². The van der Waals surface area contributed by atoms with Crippen LogP contribution >= 0.6 is 22.9 Å². The molecule has 3 heterocycles. The minimum Gasteiger partial charge on any atom is -0.341 e. The number of likely N-dealkylation sites (tertiary alicyclic amines) is 2. The maximum absolute atomic E-state index is 13.5. The zero-order chi connectivity index (χ0) is 22.5. The number of hydrogen-bond acceptors (Lipinski definition) is 4. The number of nitrogens with zero attached hydrogens (tertiary/aromatic N) is 2. The summed E-state index contributed by atoms with van der Waals surface area (Å²) in [5.41, 5.74) is 0.371. The third kappa shape index (κ3) is 5.15. The molecule has 2 saturated heterocycles. The molecular weight excluding hydrogens is 446 g/mol. The number of amides is 3. The van der Waals surface area contributed by atoms with Crippen LogP contribution in [-0.2, 0) is 4.79 Å². The Morgan fingerprint density at radius 1 is 0.938 bits per heavy atom. The third-order valence-corrected chi connectivity index (χ3v) is 7.56. The van der Waals surface area contributed by atoms with Crippen LogP contribution in [0.2, 0.25) is 5.02 Å². The van der Waals surface area contributed by atoms with Crippen molar-refractivity contribution in [2.75, 3.05) is 26.2 Å². The van der Waals surface area contributed by atoms with E-state index in [1.807, 2.05) is 27.3 Å². The van der Waals surface area contributed by atoms with Crippen LogP contribution in [0.3, 0.4) is 0 Å². The number of carbonyl (C=O) groups is 3. The second kappa shape index (κ2) is 10.5. The number of rotatable bonds is 5. The molecule has 2 aliphatic heterocycles. The van der Waals surface area contributed by atoms with Gasteiger partial charge in [0.15, 0.2) is 0 Å². The van der Waals surface area contributed by atoms with E-state index >= 15 is 0 Å². The van der Waals surface area contributed by atoms with Gasteiger partial charge < -0.3 is 15.1 Å². The van der Waals surface area contributed by atoms with Crippen LogP contribution in [0.25, 0.3) is 0 Å². The lowest BCUT2D eigenvalue weighted by molar-refractivity contribution is -0.136. The van der Waals surface area contributed by atoms with Crippen LogP contribution in [0.5, 0.6) is 0 Å². The van der Waals surface area contributed by atoms with Gasteiger partial charge in [0.2, 0.25) is 5.91 Å². The quantitative estimate of drug-likeness (QED) is 0.711. The maximum Gasteiger partial charge on any atom is 0.263 e. The van der Waals surface area contributed by atoms with Crippen molar-refractivity contribution in [3.63, 3.8) is 0 Å². The number of nitrogens with one attached hydrogen (secondary N) is 1. The first-order valence-corrected chi connectivity index (χ1v) is 12.5. The van der Waals surface area contributed by atoms with Crippen molar-refractivity contribution >= 4 is 40.7 Å². The second-order valence-electron chi connectivity index (χ2n) is 8.42. The fourth-order valence-electron chi connectivity index (χ4n) is 4.55. The molecule has 2 aliphatic rings. The van der Waals surface area contributed by atoms with Crippen LogP contribution < -0.4 is 5.32 Å². The average Bonchev–Trinajstić information content (AvgIpc) is 3.37. The van der Waals surface area contributed by atoms with Gasteiger partial charge in [-0.15, -0.1) is 11.3 Å². The summed E-state index contributed by atoms with van der Waals surface area (Å²) >= 11 is 7.66. The predicted molar refractivity (Wildman–Crippen MR) is 126 cm³/mol. The number of carbonyl (C=O) groups excluding carboxylic acids is 3. The molecular formula is C24H28ClN3O3S. The van der Waals surface area contributed by atoms with E-state index in [9.17, 15) is 14.4 Å². The van der Waals surface area contributed by atoms with E-state index in [2.05, 4.69) is 5.32 Å². The first-order valence-electron chi connectivity index (χ1n) is 11.2. The van der Waals surface area contributed by atoms with Crippen molar-refractivity contribution in [3.05, 3.63) is 57.2 Å². The molecule has 1 unspecified atom stereocenters. The zero-order valence-corrected chi connectivity index (χ0v) is 19.5. The topological polar surface area (TPSA) is 69.7 Å². The van der Waals surface area contributed by atoms with Gasteiger partial charge in [-0.25, -0.2) is 0 Å². The highest BCUT2D eigenvalue weighted by molar-refractivity contribution is 7.12. The van der Waals surface area contributed by atoms with Gasteiger partial charge in [-0.2, -0.15) is 0 Å². The fourth-order valence-corrected chi connectivity index (χ4v) is 5.46. The molecule has 1 aromatic heterocycles. The van der Waals surface area contributed by atoms with E-state index in [0.717, 1.165) is 37.2 Å². The molecule has 1 atom stereocenters. The Balaban J connectivity index is 1.47. The maximum atomic E-state index is 13.5. The van der Waals surface area contributed by atoms with E-state index in [1.165, 1.54) is 11.3 Å². The van der Waals surface area contributed by atoms with Crippen LogP contribution in [0.1, 0.15) is 52.1 Å². The van der Waals surface area contributed by atoms with Gasteiger partial charge in [0.1, 0.15) is 6.04 Å². The summed E-state index contributed by atoms with van der Waals surface area (Å²) in [4.78, 5) is 43.6. The van der Waals surface area contributed by atoms with Gasteiger partial charge in [-0.3, -0.25) is 14.4 Å². The highest BCUT2D eigenvalue weighted by atomic mass is 35.5. The lowest BCUT2D eigenvalue weighted by Crippen LogP contribution is -2.55. The normalized spacial score (nSPS) is 18.3. The van der Waals surface area contributed by atoms with E-state index in [-0.39, 0.29) is 23.6 Å². The molecule has 1 N–H and O–H groups in total. The number of halogens is 1. The molecule has 0 radical (unpaired) electrons. The van der Waals surface area contributed by atoms with Crippen molar-refractivity contribution < 1.29 is 14.4 Å². The second-order valence-corrected chi connectivity index (χ2v) is 9.78. The van der Waals surface area contributed by atoms with Gasteiger partial charge in [0, 0.05) is 26.2 Å². The minimum absolute atomic E-state index is 0.0202. The lowest BCUT2D eigenvalue weighted by Gasteiger charge is -2.38. The number of piperidine rings is 2. The average molecular weight is 474 g/mol. The van der Waals surface area contributed by atoms with Crippen LogP contribution in [0.4, 0.5) is 0 Å². The van der Waals surface area contributed by atoms with Crippen molar-refractivity contribution in [2.45, 2.75) is 38.1 Å². The molecule has 4 rings (SSSR count). The number of thiophene rings is 1. The zero-order valence-electron chi connectivity index (χ0n) is 18.0. The molecule has 170 valence electrons. The third-order valence-electron chi connectivity index (χ3n) is 6.37. The van der Waals surface area contributed by atoms with Gasteiger partial charge >= 0.3 is 0 Å². The molecule has 2 fully saturated rings. The summed E-state index contributed by atoms with van der Waals surface area (Å²) < 4.78 is 0. The Kier molecular flexibility index (Phi) is 7.48. The Hall–Kier alpha value is -2.38. The van der Waals surface area contributed by atoms with E-state index < -0.39 is 6.04 Å². The summed E-state index contributed by atoms with van der Waals surface area (Å²) in [6, 6.07) is 9.98. The van der Waals surface area contributed by atoms with Gasteiger partial charge in [0.05, 0.1) is 15.5 Å². The van der Waals surface area contributed by atoms with E-state index in [4.69, 9.17) is 11.6 Å². The highest BCUT2D eigenvalue weighted by Crippen LogP contribution is 2.26. The van der Waals surface area contributed by atoms with Gasteiger partial charge in [0.25, 0.3) is 11.8 Å². The molecule has 8 heteroatoms. The first kappa shape index (κ1) is 22.8. The number of hydrogen-bond donors (Lipinski definition) is 1. The van der Waals surface area contributed by atoms with Crippen molar-refractivity contribution in [2.24, 2.45) is 5.92 Å². The van der Waals surface area contributed by atoms with Crippen molar-refractivity contribution in [1.82, 2.24) is 15.1 Å². The molecule has 0 aliphatic carbocycles. The molecule has 1 aromatic carbocycles. The highest BCUT2D eigenvalue weighted by Gasteiger charge is 2.37. The van der Waals surface area contributed by atoms with Crippen LogP contribution in [0, 0.1) is 5.92 Å². The van der Waals surface area contributed by atoms with E-state index in [0.29, 0.717) is 36.5 Å². The Morgan fingerprint density at radius 2 is 1.66 bits per heavy atom. The fraction of sp³-hybridized carbons (Fsp3) is 0.458. The Bertz CT molecular complexity index is 951. The summed E-state index contributed by atoms with van der Waals surface area (Å²) in [5, 5.41) is 5.26. The largest absolute Gasteiger partial charge is 0.341 e. The lowest BCUT2D eigenvalue weighted by atomic mass is 9.87. The smallest absolute Gasteiger partial charge is 0.263 e. The summed E-state index contributed by atoms with van der Waals surface area (Å²) in [5.74, 6) is -0.336. The molecule has 32 heavy (non-hydrogen) atoms. The first-order chi connectivity index (χ1) is 15.5. The standard InChI is InChI=1S/C24H28ClN3O3S/c25-19-8-3-2-7-18(19)22(29)26-21(24(31)27-12-4-1-5-13-27)17-10-14-28(15-11-17)23(30)20-9-6-16-32-20/h2-3,6-9,16-17,21H,1,4-5,10-15H2,(H,26,29). The molecule has 3 amide bonds.